The monoisotopic (exact) mass is 252 g/mol. The van der Waals surface area contributed by atoms with Crippen LogP contribution in [0.3, 0.4) is 0 Å². The smallest absolute Gasteiger partial charge is 0.257 e. The number of H-pyrrole nitrogens is 1. The van der Waals surface area contributed by atoms with Gasteiger partial charge in [0.05, 0.1) is 18.3 Å². The van der Waals surface area contributed by atoms with Crippen molar-refractivity contribution in [3.8, 4) is 0 Å². The van der Waals surface area contributed by atoms with Crippen LogP contribution in [0.4, 0.5) is 0 Å². The zero-order valence-corrected chi connectivity index (χ0v) is 11.5. The summed E-state index contributed by atoms with van der Waals surface area (Å²) in [5.74, 6) is -0.398. The molecule has 0 saturated heterocycles. The number of hydrogen-bond acceptors (Lipinski definition) is 3. The van der Waals surface area contributed by atoms with Crippen LogP contribution < -0.4 is 5.32 Å². The van der Waals surface area contributed by atoms with Crippen LogP contribution >= 0.6 is 0 Å². The van der Waals surface area contributed by atoms with E-state index >= 15 is 0 Å². The van der Waals surface area contributed by atoms with Gasteiger partial charge < -0.3 is 10.2 Å². The summed E-state index contributed by atoms with van der Waals surface area (Å²) in [4.78, 5) is 25.1. The number of carbonyl (C=O) groups excluding carboxylic acids is 2. The number of nitrogens with one attached hydrogen (secondary N) is 2. The van der Waals surface area contributed by atoms with Crippen molar-refractivity contribution in [2.24, 2.45) is 0 Å². The molecule has 1 aromatic heterocycles. The molecular formula is C12H20N4O2. The molecule has 1 heterocycles. The second-order valence-corrected chi connectivity index (χ2v) is 5.37. The first-order chi connectivity index (χ1) is 8.20. The standard InChI is InChI=1S/C12H20N4O2/c1-8-9(6-13-15-8)11(18)16(5)7-10(17)14-12(2,3)4/h6H,7H2,1-5H3,(H,13,15)(H,14,17). The molecule has 0 fully saturated rings. The molecule has 0 radical (unpaired) electrons. The van der Waals surface area contributed by atoms with Crippen LogP contribution in [0.15, 0.2) is 6.20 Å². The Labute approximate surface area is 107 Å². The van der Waals surface area contributed by atoms with Crippen molar-refractivity contribution < 1.29 is 9.59 Å². The van der Waals surface area contributed by atoms with Gasteiger partial charge in [-0.05, 0) is 27.7 Å². The molecule has 0 bridgehead atoms. The fraction of sp³-hybridized carbons (Fsp3) is 0.583. The quantitative estimate of drug-likeness (QED) is 0.831. The summed E-state index contributed by atoms with van der Waals surface area (Å²) >= 11 is 0. The van der Waals surface area contributed by atoms with Gasteiger partial charge in [0, 0.05) is 18.3 Å². The number of hydrogen-bond donors (Lipinski definition) is 2. The highest BCUT2D eigenvalue weighted by Crippen LogP contribution is 2.06. The highest BCUT2D eigenvalue weighted by molar-refractivity contribution is 5.97. The first-order valence-electron chi connectivity index (χ1n) is 5.77. The molecule has 0 unspecified atom stereocenters. The Kier molecular flexibility index (Phi) is 4.11. The molecule has 0 aliphatic carbocycles. The Hall–Kier alpha value is -1.85. The summed E-state index contributed by atoms with van der Waals surface area (Å²) < 4.78 is 0. The third-order valence-electron chi connectivity index (χ3n) is 2.30. The van der Waals surface area contributed by atoms with Crippen molar-refractivity contribution in [2.45, 2.75) is 33.2 Å². The van der Waals surface area contributed by atoms with Crippen LogP contribution in [-0.2, 0) is 4.79 Å². The Balaban J connectivity index is 2.61. The lowest BCUT2D eigenvalue weighted by atomic mass is 10.1. The second-order valence-electron chi connectivity index (χ2n) is 5.37. The van der Waals surface area contributed by atoms with Crippen LogP contribution in [0.5, 0.6) is 0 Å². The minimum atomic E-state index is -0.299. The third kappa shape index (κ3) is 3.87. The fourth-order valence-electron chi connectivity index (χ4n) is 1.52. The van der Waals surface area contributed by atoms with E-state index in [0.29, 0.717) is 11.3 Å². The topological polar surface area (TPSA) is 78.1 Å². The Bertz CT molecular complexity index is 445. The fourth-order valence-corrected chi connectivity index (χ4v) is 1.52. The van der Waals surface area contributed by atoms with Gasteiger partial charge >= 0.3 is 0 Å². The second kappa shape index (κ2) is 5.20. The van der Waals surface area contributed by atoms with E-state index < -0.39 is 0 Å². The number of rotatable bonds is 3. The van der Waals surface area contributed by atoms with Gasteiger partial charge in [0.2, 0.25) is 5.91 Å². The van der Waals surface area contributed by atoms with E-state index in [0.717, 1.165) is 0 Å². The summed E-state index contributed by atoms with van der Waals surface area (Å²) in [6.45, 7) is 7.48. The van der Waals surface area contributed by atoms with Gasteiger partial charge in [0.25, 0.3) is 5.91 Å². The number of carbonyl (C=O) groups is 2. The molecule has 2 N–H and O–H groups in total. The van der Waals surface area contributed by atoms with Gasteiger partial charge in [-0.15, -0.1) is 0 Å². The highest BCUT2D eigenvalue weighted by Gasteiger charge is 2.20. The predicted molar refractivity (Wildman–Crippen MR) is 68.2 cm³/mol. The zero-order chi connectivity index (χ0) is 13.9. The van der Waals surface area contributed by atoms with Crippen molar-refractivity contribution in [1.29, 1.82) is 0 Å². The summed E-state index contributed by atoms with van der Waals surface area (Å²) in [7, 11) is 1.59. The average molecular weight is 252 g/mol. The van der Waals surface area contributed by atoms with Gasteiger partial charge in [-0.25, -0.2) is 0 Å². The molecule has 6 nitrogen and oxygen atoms in total. The van der Waals surface area contributed by atoms with E-state index in [1.807, 2.05) is 20.8 Å². The normalized spacial score (nSPS) is 11.2. The molecule has 1 aromatic rings. The van der Waals surface area contributed by atoms with Gasteiger partial charge in [0.15, 0.2) is 0 Å². The third-order valence-corrected chi connectivity index (χ3v) is 2.30. The van der Waals surface area contributed by atoms with Crippen molar-refractivity contribution in [2.75, 3.05) is 13.6 Å². The zero-order valence-electron chi connectivity index (χ0n) is 11.5. The highest BCUT2D eigenvalue weighted by atomic mass is 16.2. The molecule has 0 aliphatic heterocycles. The molecule has 2 amide bonds. The van der Waals surface area contributed by atoms with Crippen molar-refractivity contribution in [1.82, 2.24) is 20.4 Å². The van der Waals surface area contributed by atoms with Crippen molar-refractivity contribution >= 4 is 11.8 Å². The summed E-state index contributed by atoms with van der Waals surface area (Å²) in [5.41, 5.74) is 0.885. The Morgan fingerprint density at radius 1 is 1.44 bits per heavy atom. The minimum absolute atomic E-state index is 0.0285. The molecule has 6 heteroatoms. The number of amides is 2. The number of nitrogens with zero attached hydrogens (tertiary/aromatic N) is 2. The molecule has 0 spiro atoms. The van der Waals surface area contributed by atoms with Gasteiger partial charge in [0.1, 0.15) is 0 Å². The maximum Gasteiger partial charge on any atom is 0.257 e. The molecule has 1 rings (SSSR count). The number of aryl methyl sites for hydroxylation is 1. The molecule has 0 aliphatic rings. The van der Waals surface area contributed by atoms with E-state index in [2.05, 4.69) is 15.5 Å². The first kappa shape index (κ1) is 14.2. The van der Waals surface area contributed by atoms with Crippen LogP contribution in [0.1, 0.15) is 36.8 Å². The first-order valence-corrected chi connectivity index (χ1v) is 5.77. The summed E-state index contributed by atoms with van der Waals surface area (Å²) in [6, 6.07) is 0. The lowest BCUT2D eigenvalue weighted by molar-refractivity contribution is -0.122. The van der Waals surface area contributed by atoms with Crippen molar-refractivity contribution in [3.63, 3.8) is 0 Å². The minimum Gasteiger partial charge on any atom is -0.350 e. The van der Waals surface area contributed by atoms with Crippen LogP contribution in [-0.4, -0.2) is 46.0 Å². The van der Waals surface area contributed by atoms with E-state index in [4.69, 9.17) is 0 Å². The summed E-state index contributed by atoms with van der Waals surface area (Å²) in [5, 5.41) is 9.30. The average Bonchev–Trinajstić information content (AvgIpc) is 2.60. The molecule has 0 aromatic carbocycles. The lowest BCUT2D eigenvalue weighted by Crippen LogP contribution is -2.46. The van der Waals surface area contributed by atoms with Gasteiger partial charge in [-0.1, -0.05) is 0 Å². The number of aromatic nitrogens is 2. The van der Waals surface area contributed by atoms with Crippen LogP contribution in [0.2, 0.25) is 0 Å². The Morgan fingerprint density at radius 2 is 2.06 bits per heavy atom. The maximum atomic E-state index is 12.0. The molecule has 100 valence electrons. The van der Waals surface area contributed by atoms with E-state index in [1.165, 1.54) is 11.1 Å². The lowest BCUT2D eigenvalue weighted by Gasteiger charge is -2.23. The molecule has 0 saturated carbocycles. The van der Waals surface area contributed by atoms with E-state index in [9.17, 15) is 9.59 Å². The molecule has 18 heavy (non-hydrogen) atoms. The number of aromatic amines is 1. The van der Waals surface area contributed by atoms with Gasteiger partial charge in [-0.2, -0.15) is 5.10 Å². The van der Waals surface area contributed by atoms with Crippen molar-refractivity contribution in [3.05, 3.63) is 17.5 Å². The largest absolute Gasteiger partial charge is 0.350 e. The summed E-state index contributed by atoms with van der Waals surface area (Å²) in [6.07, 6.45) is 1.47. The van der Waals surface area contributed by atoms with E-state index in [-0.39, 0.29) is 23.9 Å². The van der Waals surface area contributed by atoms with Crippen LogP contribution in [0, 0.1) is 6.92 Å². The molecule has 0 atom stereocenters. The van der Waals surface area contributed by atoms with Crippen LogP contribution in [0.25, 0.3) is 0 Å². The maximum absolute atomic E-state index is 12.0. The molecular weight excluding hydrogens is 232 g/mol. The Morgan fingerprint density at radius 3 is 2.50 bits per heavy atom. The predicted octanol–water partition coefficient (Wildman–Crippen LogP) is 0.705. The van der Waals surface area contributed by atoms with Gasteiger partial charge in [-0.3, -0.25) is 14.7 Å². The number of likely N-dealkylation sites (N-methyl/N-ethyl adjacent to an activating group) is 1. The van der Waals surface area contributed by atoms with E-state index in [1.54, 1.807) is 14.0 Å². The SMILES string of the molecule is Cc1[nH]ncc1C(=O)N(C)CC(=O)NC(C)(C)C.